The van der Waals surface area contributed by atoms with Gasteiger partial charge in [-0.3, -0.25) is 0 Å². The predicted molar refractivity (Wildman–Crippen MR) is 63.0 cm³/mol. The number of aromatic hydroxyl groups is 1. The van der Waals surface area contributed by atoms with Gasteiger partial charge in [-0.15, -0.1) is 0 Å². The summed E-state index contributed by atoms with van der Waals surface area (Å²) >= 11 is 0. The molecule has 2 rings (SSSR count). The van der Waals surface area contributed by atoms with Gasteiger partial charge in [0.2, 0.25) is 0 Å². The normalized spacial score (nSPS) is 10.9. The van der Waals surface area contributed by atoms with E-state index in [0.29, 0.717) is 16.7 Å². The molecule has 0 unspecified atom stereocenters. The van der Waals surface area contributed by atoms with Crippen molar-refractivity contribution < 1.29 is 9.52 Å². The van der Waals surface area contributed by atoms with Crippen LogP contribution in [0.4, 0.5) is 0 Å². The van der Waals surface area contributed by atoms with Crippen LogP contribution in [0.1, 0.15) is 23.6 Å². The molecular formula is C13H14O3. The first-order valence-corrected chi connectivity index (χ1v) is 5.31. The zero-order valence-electron chi connectivity index (χ0n) is 9.63. The van der Waals surface area contributed by atoms with Crippen LogP contribution in [0.3, 0.4) is 0 Å². The van der Waals surface area contributed by atoms with Gasteiger partial charge >= 0.3 is 5.63 Å². The molecule has 0 spiro atoms. The van der Waals surface area contributed by atoms with E-state index < -0.39 is 0 Å². The fraction of sp³-hybridized carbons (Fsp3) is 0.308. The molecule has 2 aromatic rings. The number of phenols is 1. The third-order valence-electron chi connectivity index (χ3n) is 3.01. The second-order valence-electron chi connectivity index (χ2n) is 3.93. The Hall–Kier alpha value is -1.77. The minimum Gasteiger partial charge on any atom is -0.508 e. The van der Waals surface area contributed by atoms with Crippen molar-refractivity contribution in [3.05, 3.63) is 39.2 Å². The van der Waals surface area contributed by atoms with Crippen LogP contribution in [-0.4, -0.2) is 5.11 Å². The van der Waals surface area contributed by atoms with Crippen molar-refractivity contribution in [1.82, 2.24) is 0 Å². The standard InChI is InChI=1S/C13H14O3/c1-4-9-7(2)13(15)16-12-8(3)11(14)6-5-10(9)12/h5-6,14H,4H2,1-3H3. The maximum Gasteiger partial charge on any atom is 0.339 e. The van der Waals surface area contributed by atoms with Crippen LogP contribution in [0, 0.1) is 13.8 Å². The van der Waals surface area contributed by atoms with E-state index in [2.05, 4.69) is 0 Å². The van der Waals surface area contributed by atoms with E-state index in [9.17, 15) is 9.90 Å². The van der Waals surface area contributed by atoms with Crippen LogP contribution in [0.2, 0.25) is 0 Å². The van der Waals surface area contributed by atoms with Crippen molar-refractivity contribution in [3.63, 3.8) is 0 Å². The molecule has 0 aliphatic heterocycles. The molecule has 0 saturated heterocycles. The van der Waals surface area contributed by atoms with E-state index >= 15 is 0 Å². The van der Waals surface area contributed by atoms with Gasteiger partial charge in [0.1, 0.15) is 11.3 Å². The van der Waals surface area contributed by atoms with E-state index in [1.165, 1.54) is 0 Å². The van der Waals surface area contributed by atoms with Gasteiger partial charge < -0.3 is 9.52 Å². The maximum atomic E-state index is 11.6. The Morgan fingerprint density at radius 1 is 1.25 bits per heavy atom. The van der Waals surface area contributed by atoms with E-state index in [1.807, 2.05) is 6.92 Å². The molecule has 0 fully saturated rings. The summed E-state index contributed by atoms with van der Waals surface area (Å²) in [5.41, 5.74) is 2.43. The first-order valence-electron chi connectivity index (χ1n) is 5.31. The number of fused-ring (bicyclic) bond motifs is 1. The van der Waals surface area contributed by atoms with Crippen molar-refractivity contribution in [2.75, 3.05) is 0 Å². The summed E-state index contributed by atoms with van der Waals surface area (Å²) in [6.07, 6.45) is 0.776. The summed E-state index contributed by atoms with van der Waals surface area (Å²) in [5.74, 6) is 0.154. The fourth-order valence-electron chi connectivity index (χ4n) is 2.00. The molecular weight excluding hydrogens is 204 g/mol. The molecule has 0 aliphatic carbocycles. The van der Waals surface area contributed by atoms with Gasteiger partial charge in [0, 0.05) is 16.5 Å². The average molecular weight is 218 g/mol. The minimum absolute atomic E-state index is 0.154. The van der Waals surface area contributed by atoms with Crippen molar-refractivity contribution in [1.29, 1.82) is 0 Å². The van der Waals surface area contributed by atoms with Gasteiger partial charge in [0.15, 0.2) is 0 Å². The lowest BCUT2D eigenvalue weighted by Gasteiger charge is -2.09. The third kappa shape index (κ3) is 1.40. The summed E-state index contributed by atoms with van der Waals surface area (Å²) in [4.78, 5) is 11.6. The third-order valence-corrected chi connectivity index (χ3v) is 3.01. The Morgan fingerprint density at radius 3 is 2.56 bits per heavy atom. The molecule has 1 N–H and O–H groups in total. The summed E-state index contributed by atoms with van der Waals surface area (Å²) in [6, 6.07) is 3.43. The SMILES string of the molecule is CCc1c(C)c(=O)oc2c(C)c(O)ccc12. The lowest BCUT2D eigenvalue weighted by atomic mass is 10.0. The van der Waals surface area contributed by atoms with Gasteiger partial charge in [-0.2, -0.15) is 0 Å². The molecule has 3 heteroatoms. The van der Waals surface area contributed by atoms with E-state index in [1.54, 1.807) is 26.0 Å². The van der Waals surface area contributed by atoms with Gasteiger partial charge in [0.25, 0.3) is 0 Å². The highest BCUT2D eigenvalue weighted by atomic mass is 16.4. The maximum absolute atomic E-state index is 11.6. The van der Waals surface area contributed by atoms with Crippen LogP contribution in [-0.2, 0) is 6.42 Å². The predicted octanol–water partition coefficient (Wildman–Crippen LogP) is 2.68. The van der Waals surface area contributed by atoms with Gasteiger partial charge in [0.05, 0.1) is 0 Å². The molecule has 16 heavy (non-hydrogen) atoms. The number of hydrogen-bond donors (Lipinski definition) is 1. The molecule has 1 aromatic heterocycles. The highest BCUT2D eigenvalue weighted by Gasteiger charge is 2.12. The van der Waals surface area contributed by atoms with Crippen LogP contribution < -0.4 is 5.63 Å². The molecule has 0 atom stereocenters. The lowest BCUT2D eigenvalue weighted by molar-refractivity contribution is 0.468. The number of rotatable bonds is 1. The number of hydrogen-bond acceptors (Lipinski definition) is 3. The Morgan fingerprint density at radius 2 is 1.94 bits per heavy atom. The van der Waals surface area contributed by atoms with E-state index in [0.717, 1.165) is 17.4 Å². The van der Waals surface area contributed by atoms with Crippen LogP contribution in [0.5, 0.6) is 5.75 Å². The average Bonchev–Trinajstić information content (AvgIpc) is 2.27. The zero-order valence-corrected chi connectivity index (χ0v) is 9.63. The Bertz CT molecular complexity index is 609. The van der Waals surface area contributed by atoms with Gasteiger partial charge in [-0.1, -0.05) is 6.92 Å². The topological polar surface area (TPSA) is 50.4 Å². The van der Waals surface area contributed by atoms with Gasteiger partial charge in [-0.05, 0) is 38.0 Å². The minimum atomic E-state index is -0.321. The fourth-order valence-corrected chi connectivity index (χ4v) is 2.00. The quantitative estimate of drug-likeness (QED) is 0.748. The number of aryl methyl sites for hydroxylation is 2. The summed E-state index contributed by atoms with van der Waals surface area (Å²) in [5, 5.41) is 10.5. The second-order valence-corrected chi connectivity index (χ2v) is 3.93. The number of phenolic OH excluding ortho intramolecular Hbond substituents is 1. The van der Waals surface area contributed by atoms with Crippen molar-refractivity contribution in [2.45, 2.75) is 27.2 Å². The Labute approximate surface area is 93.3 Å². The summed E-state index contributed by atoms with van der Waals surface area (Å²) in [6.45, 7) is 5.52. The second kappa shape index (κ2) is 3.67. The van der Waals surface area contributed by atoms with Crippen LogP contribution >= 0.6 is 0 Å². The molecule has 1 heterocycles. The monoisotopic (exact) mass is 218 g/mol. The summed E-state index contributed by atoms with van der Waals surface area (Å²) < 4.78 is 5.23. The van der Waals surface area contributed by atoms with Crippen molar-refractivity contribution in [2.24, 2.45) is 0 Å². The van der Waals surface area contributed by atoms with Crippen molar-refractivity contribution in [3.8, 4) is 5.75 Å². The first kappa shape index (κ1) is 10.7. The smallest absolute Gasteiger partial charge is 0.339 e. The van der Waals surface area contributed by atoms with Gasteiger partial charge in [-0.25, -0.2) is 4.79 Å². The molecule has 0 saturated carbocycles. The first-order chi connectivity index (χ1) is 7.56. The highest BCUT2D eigenvalue weighted by Crippen LogP contribution is 2.28. The van der Waals surface area contributed by atoms with E-state index in [-0.39, 0.29) is 11.4 Å². The molecule has 0 amide bonds. The lowest BCUT2D eigenvalue weighted by Crippen LogP contribution is -2.07. The molecule has 0 aliphatic rings. The Balaban J connectivity index is 3.02. The van der Waals surface area contributed by atoms with E-state index in [4.69, 9.17) is 4.42 Å². The van der Waals surface area contributed by atoms with Crippen LogP contribution in [0.25, 0.3) is 11.0 Å². The molecule has 3 nitrogen and oxygen atoms in total. The highest BCUT2D eigenvalue weighted by molar-refractivity contribution is 5.85. The van der Waals surface area contributed by atoms with Crippen molar-refractivity contribution >= 4 is 11.0 Å². The molecule has 0 bridgehead atoms. The molecule has 1 aromatic carbocycles. The zero-order chi connectivity index (χ0) is 11.9. The largest absolute Gasteiger partial charge is 0.508 e. The molecule has 84 valence electrons. The number of benzene rings is 1. The Kier molecular flexibility index (Phi) is 2.46. The summed E-state index contributed by atoms with van der Waals surface area (Å²) in [7, 11) is 0. The van der Waals surface area contributed by atoms with Crippen LogP contribution in [0.15, 0.2) is 21.3 Å². The molecule has 0 radical (unpaired) electrons.